The maximum Gasteiger partial charge on any atom is 0.242 e. The van der Waals surface area contributed by atoms with Crippen LogP contribution < -0.4 is 4.72 Å². The highest BCUT2D eigenvalue weighted by Crippen LogP contribution is 2.28. The van der Waals surface area contributed by atoms with Crippen LogP contribution in [0.25, 0.3) is 11.0 Å². The highest BCUT2D eigenvalue weighted by molar-refractivity contribution is 7.89. The molecule has 1 N–H and O–H groups in total. The Labute approximate surface area is 157 Å². The molecule has 2 atom stereocenters. The molecule has 0 aliphatic carbocycles. The summed E-state index contributed by atoms with van der Waals surface area (Å²) in [6, 6.07) is 1.42. The molecule has 4 rings (SSSR count). The van der Waals surface area contributed by atoms with Crippen molar-refractivity contribution in [3.63, 3.8) is 0 Å². The first-order chi connectivity index (χ1) is 12.8. The van der Waals surface area contributed by atoms with Crippen molar-refractivity contribution in [2.75, 3.05) is 6.61 Å². The second-order valence-corrected chi connectivity index (χ2v) is 8.60. The zero-order chi connectivity index (χ0) is 19.2. The fourth-order valence-corrected chi connectivity index (χ4v) is 4.76. The number of nitrogens with zero attached hydrogens (tertiary/aromatic N) is 5. The molecule has 1 aliphatic rings. The predicted molar refractivity (Wildman–Crippen MR) is 98.5 cm³/mol. The molecule has 0 aromatic carbocycles. The van der Waals surface area contributed by atoms with Crippen molar-refractivity contribution in [3.8, 4) is 0 Å². The zero-order valence-electron chi connectivity index (χ0n) is 15.5. The van der Waals surface area contributed by atoms with Gasteiger partial charge in [0.05, 0.1) is 23.9 Å². The van der Waals surface area contributed by atoms with Gasteiger partial charge in [0.15, 0.2) is 5.65 Å². The lowest BCUT2D eigenvalue weighted by Crippen LogP contribution is -2.40. The minimum absolute atomic E-state index is 0.148. The largest absolute Gasteiger partial charge is 0.372 e. The van der Waals surface area contributed by atoms with E-state index in [0.717, 1.165) is 16.8 Å². The van der Waals surface area contributed by atoms with E-state index < -0.39 is 10.0 Å². The quantitative estimate of drug-likeness (QED) is 0.718. The van der Waals surface area contributed by atoms with E-state index in [4.69, 9.17) is 4.74 Å². The molecule has 1 fully saturated rings. The van der Waals surface area contributed by atoms with Crippen molar-refractivity contribution in [1.29, 1.82) is 0 Å². The highest BCUT2D eigenvalue weighted by atomic mass is 32.2. The standard InChI is InChI=1S/C17H22N6O3S/c1-11-14-7-13(8-19-17(14)23(3)20-11)27(24,25)21-12-4-5-26-16(6-12)15-9-18-10-22(15)2/h7-10,12,16,21H,4-6H2,1-3H3/t12-,16-/m0/s1. The SMILES string of the molecule is Cc1nn(C)c2ncc(S(=O)(=O)N[C@H]3CCO[C@H](c4cncn4C)C3)cc12. The monoisotopic (exact) mass is 390 g/mol. The van der Waals surface area contributed by atoms with Crippen molar-refractivity contribution in [1.82, 2.24) is 29.0 Å². The average molecular weight is 390 g/mol. The fraction of sp³-hybridized carbons (Fsp3) is 0.471. The molecule has 1 aliphatic heterocycles. The molecule has 0 bridgehead atoms. The molecule has 0 unspecified atom stereocenters. The van der Waals surface area contributed by atoms with Crippen LogP contribution in [0.5, 0.6) is 0 Å². The molecule has 0 radical (unpaired) electrons. The third-order valence-corrected chi connectivity index (χ3v) is 6.43. The van der Waals surface area contributed by atoms with E-state index in [2.05, 4.69) is 19.8 Å². The lowest BCUT2D eigenvalue weighted by Gasteiger charge is -2.30. The van der Waals surface area contributed by atoms with E-state index in [-0.39, 0.29) is 17.0 Å². The van der Waals surface area contributed by atoms with Gasteiger partial charge in [-0.05, 0) is 25.8 Å². The molecule has 4 heterocycles. The van der Waals surface area contributed by atoms with Gasteiger partial charge in [-0.1, -0.05) is 0 Å². The van der Waals surface area contributed by atoms with Crippen LogP contribution in [0.4, 0.5) is 0 Å². The molecule has 1 saturated heterocycles. The summed E-state index contributed by atoms with van der Waals surface area (Å²) < 4.78 is 37.9. The summed E-state index contributed by atoms with van der Waals surface area (Å²) in [5.41, 5.74) is 2.35. The molecule has 3 aromatic rings. The van der Waals surface area contributed by atoms with E-state index in [0.29, 0.717) is 25.1 Å². The van der Waals surface area contributed by atoms with Crippen LogP contribution in [0, 0.1) is 6.92 Å². The maximum absolute atomic E-state index is 12.9. The summed E-state index contributed by atoms with van der Waals surface area (Å²) in [5.74, 6) is 0. The van der Waals surface area contributed by atoms with Crippen LogP contribution in [0.1, 0.15) is 30.3 Å². The topological polar surface area (TPSA) is 104 Å². The Kier molecular flexibility index (Phi) is 4.49. The van der Waals surface area contributed by atoms with E-state index >= 15 is 0 Å². The van der Waals surface area contributed by atoms with E-state index in [1.165, 1.54) is 6.20 Å². The van der Waals surface area contributed by atoms with Crippen LogP contribution in [-0.4, -0.2) is 45.4 Å². The number of ether oxygens (including phenoxy) is 1. The van der Waals surface area contributed by atoms with Crippen LogP contribution in [0.15, 0.2) is 29.7 Å². The Morgan fingerprint density at radius 3 is 2.85 bits per heavy atom. The lowest BCUT2D eigenvalue weighted by molar-refractivity contribution is -0.0000447. The fourth-order valence-electron chi connectivity index (χ4n) is 3.51. The normalized spacial score (nSPS) is 21.0. The van der Waals surface area contributed by atoms with Gasteiger partial charge < -0.3 is 9.30 Å². The molecule has 27 heavy (non-hydrogen) atoms. The number of aromatic nitrogens is 5. The maximum atomic E-state index is 12.9. The summed E-state index contributed by atoms with van der Waals surface area (Å²) in [7, 11) is -0.00229. The number of aryl methyl sites for hydroxylation is 3. The number of hydrogen-bond acceptors (Lipinski definition) is 6. The minimum atomic E-state index is -3.69. The Balaban J connectivity index is 1.56. The van der Waals surface area contributed by atoms with Crippen molar-refractivity contribution < 1.29 is 13.2 Å². The number of rotatable bonds is 4. The van der Waals surface area contributed by atoms with Crippen LogP contribution in [0.3, 0.4) is 0 Å². The van der Waals surface area contributed by atoms with Crippen molar-refractivity contribution >= 4 is 21.1 Å². The predicted octanol–water partition coefficient (Wildman–Crippen LogP) is 1.21. The molecule has 10 heteroatoms. The van der Waals surface area contributed by atoms with Gasteiger partial charge in [0.1, 0.15) is 11.0 Å². The number of pyridine rings is 1. The molecule has 0 saturated carbocycles. The molecule has 144 valence electrons. The molecule has 9 nitrogen and oxygen atoms in total. The summed E-state index contributed by atoms with van der Waals surface area (Å²) >= 11 is 0. The third-order valence-electron chi connectivity index (χ3n) is 4.94. The Bertz CT molecular complexity index is 1090. The first kappa shape index (κ1) is 18.1. The summed E-state index contributed by atoms with van der Waals surface area (Å²) in [6.45, 7) is 2.33. The first-order valence-corrected chi connectivity index (χ1v) is 10.2. The van der Waals surface area contributed by atoms with Gasteiger partial charge in [-0.25, -0.2) is 23.1 Å². The summed E-state index contributed by atoms with van der Waals surface area (Å²) in [4.78, 5) is 8.53. The molecule has 3 aromatic heterocycles. The average Bonchev–Trinajstić information content (AvgIpc) is 3.18. The van der Waals surface area contributed by atoms with E-state index in [9.17, 15) is 8.42 Å². The van der Waals surface area contributed by atoms with E-state index in [1.807, 2.05) is 18.5 Å². The number of imidazole rings is 1. The van der Waals surface area contributed by atoms with Crippen molar-refractivity contribution in [3.05, 3.63) is 36.2 Å². The Morgan fingerprint density at radius 2 is 2.11 bits per heavy atom. The van der Waals surface area contributed by atoms with Gasteiger partial charge in [-0.2, -0.15) is 5.10 Å². The summed E-state index contributed by atoms with van der Waals surface area (Å²) in [6.07, 6.45) is 5.84. The lowest BCUT2D eigenvalue weighted by atomic mass is 10.0. The van der Waals surface area contributed by atoms with E-state index in [1.54, 1.807) is 30.3 Å². The molecule has 0 spiro atoms. The van der Waals surface area contributed by atoms with Gasteiger partial charge in [0, 0.05) is 38.3 Å². The smallest absolute Gasteiger partial charge is 0.242 e. The zero-order valence-corrected chi connectivity index (χ0v) is 16.3. The van der Waals surface area contributed by atoms with Crippen LogP contribution in [-0.2, 0) is 28.9 Å². The molecular formula is C17H22N6O3S. The minimum Gasteiger partial charge on any atom is -0.372 e. The molecule has 0 amide bonds. The van der Waals surface area contributed by atoms with Gasteiger partial charge in [-0.3, -0.25) is 4.68 Å². The van der Waals surface area contributed by atoms with Crippen molar-refractivity contribution in [2.45, 2.75) is 36.8 Å². The highest BCUT2D eigenvalue weighted by Gasteiger charge is 2.29. The second kappa shape index (κ2) is 6.70. The number of sulfonamides is 1. The van der Waals surface area contributed by atoms with Gasteiger partial charge in [0.25, 0.3) is 0 Å². The van der Waals surface area contributed by atoms with Crippen molar-refractivity contribution in [2.24, 2.45) is 14.1 Å². The molecular weight excluding hydrogens is 368 g/mol. The third kappa shape index (κ3) is 3.35. The summed E-state index contributed by atoms with van der Waals surface area (Å²) in [5, 5.41) is 5.03. The number of hydrogen-bond donors (Lipinski definition) is 1. The number of nitrogens with one attached hydrogen (secondary N) is 1. The number of fused-ring (bicyclic) bond motifs is 1. The van der Waals surface area contributed by atoms with Crippen LogP contribution in [0.2, 0.25) is 0 Å². The second-order valence-electron chi connectivity index (χ2n) is 6.88. The van der Waals surface area contributed by atoms with Gasteiger partial charge in [-0.15, -0.1) is 0 Å². The Hall–Kier alpha value is -2.30. The first-order valence-electron chi connectivity index (χ1n) is 8.74. The van der Waals surface area contributed by atoms with Gasteiger partial charge in [0.2, 0.25) is 10.0 Å². The van der Waals surface area contributed by atoms with Crippen LogP contribution >= 0.6 is 0 Å². The Morgan fingerprint density at radius 1 is 1.30 bits per heavy atom. The van der Waals surface area contributed by atoms with Gasteiger partial charge >= 0.3 is 0 Å².